The predicted molar refractivity (Wildman–Crippen MR) is 224 cm³/mol. The van der Waals surface area contributed by atoms with Crippen LogP contribution in [0.25, 0.3) is 31.3 Å². The highest BCUT2D eigenvalue weighted by Crippen LogP contribution is 2.30. The SMILES string of the molecule is [N-]=[N+]=NCCSCCCOC[C@H]1O[C@@H](OCCOCCOCCN)[C@H](OCCCSCCN=[N+]=[N-])[C@@H](OCCCSCCN)[C@@H]1OCCCSCCN=[N+]=[N-]. The van der Waals surface area contributed by atoms with E-state index < -0.39 is 30.7 Å². The fourth-order valence-electron chi connectivity index (χ4n) is 4.89. The van der Waals surface area contributed by atoms with Crippen LogP contribution in [0.1, 0.15) is 25.7 Å². The molecule has 23 heteroatoms. The predicted octanol–water partition coefficient (Wildman–Crippen LogP) is 5.27. The van der Waals surface area contributed by atoms with Crippen molar-refractivity contribution in [2.75, 3.05) is 145 Å². The molecule has 0 aromatic heterocycles. The molecule has 0 aromatic carbocycles. The Hall–Kier alpha value is -1.07. The molecule has 0 unspecified atom stereocenters. The third kappa shape index (κ3) is 29.8. The molecule has 0 amide bonds. The lowest BCUT2D eigenvalue weighted by molar-refractivity contribution is -0.324. The highest BCUT2D eigenvalue weighted by Gasteiger charge is 2.49. The molecular formula is C32H63N11O8S4. The van der Waals surface area contributed by atoms with Gasteiger partial charge in [0.15, 0.2) is 6.29 Å². The van der Waals surface area contributed by atoms with E-state index in [9.17, 15) is 0 Å². The summed E-state index contributed by atoms with van der Waals surface area (Å²) in [7, 11) is 0. The summed E-state index contributed by atoms with van der Waals surface area (Å²) in [4.78, 5) is 8.43. The highest BCUT2D eigenvalue weighted by molar-refractivity contribution is 7.99. The Morgan fingerprint density at radius 1 is 0.473 bits per heavy atom. The molecular weight excluding hydrogens is 795 g/mol. The van der Waals surface area contributed by atoms with Crippen LogP contribution < -0.4 is 11.5 Å². The Balaban J connectivity index is 3.10. The minimum absolute atomic E-state index is 0.262. The molecule has 0 spiro atoms. The van der Waals surface area contributed by atoms with E-state index in [0.29, 0.717) is 85.6 Å². The van der Waals surface area contributed by atoms with Crippen molar-refractivity contribution in [1.29, 1.82) is 0 Å². The molecule has 5 atom stereocenters. The van der Waals surface area contributed by atoms with E-state index in [-0.39, 0.29) is 13.2 Å². The zero-order valence-corrected chi connectivity index (χ0v) is 35.3. The maximum Gasteiger partial charge on any atom is 0.187 e. The normalized spacial score (nSPS) is 19.4. The van der Waals surface area contributed by atoms with Gasteiger partial charge in [0.1, 0.15) is 24.4 Å². The number of rotatable bonds is 41. The van der Waals surface area contributed by atoms with Gasteiger partial charge in [-0.1, -0.05) is 15.3 Å². The van der Waals surface area contributed by atoms with Crippen LogP contribution >= 0.6 is 47.0 Å². The van der Waals surface area contributed by atoms with Gasteiger partial charge in [-0.2, -0.15) is 47.0 Å². The van der Waals surface area contributed by atoms with Gasteiger partial charge in [0.25, 0.3) is 0 Å². The van der Waals surface area contributed by atoms with Crippen molar-refractivity contribution in [3.05, 3.63) is 31.3 Å². The molecule has 0 bridgehead atoms. The third-order valence-corrected chi connectivity index (χ3v) is 11.5. The fraction of sp³-hybridized carbons (Fsp3) is 1.00. The molecule has 4 N–H and O–H groups in total. The average Bonchev–Trinajstić information content (AvgIpc) is 3.19. The molecule has 1 heterocycles. The van der Waals surface area contributed by atoms with E-state index in [1.807, 2.05) is 0 Å². The van der Waals surface area contributed by atoms with Gasteiger partial charge >= 0.3 is 0 Å². The summed E-state index contributed by atoms with van der Waals surface area (Å²) in [6.45, 7) is 6.57. The minimum atomic E-state index is -0.771. The molecule has 0 radical (unpaired) electrons. The largest absolute Gasteiger partial charge is 0.379 e. The lowest BCUT2D eigenvalue weighted by Crippen LogP contribution is -2.62. The van der Waals surface area contributed by atoms with Gasteiger partial charge in [-0.3, -0.25) is 0 Å². The van der Waals surface area contributed by atoms with Gasteiger partial charge in [0.2, 0.25) is 0 Å². The summed E-state index contributed by atoms with van der Waals surface area (Å²) < 4.78 is 50.1. The van der Waals surface area contributed by atoms with Crippen molar-refractivity contribution in [2.45, 2.75) is 56.4 Å². The van der Waals surface area contributed by atoms with E-state index in [4.69, 9.17) is 66.0 Å². The zero-order valence-electron chi connectivity index (χ0n) is 32.1. The van der Waals surface area contributed by atoms with Gasteiger partial charge < -0.3 is 49.4 Å². The van der Waals surface area contributed by atoms with Crippen molar-refractivity contribution in [2.24, 2.45) is 26.8 Å². The Morgan fingerprint density at radius 3 is 1.47 bits per heavy atom. The molecule has 318 valence electrons. The third-order valence-electron chi connectivity index (χ3n) is 7.28. The van der Waals surface area contributed by atoms with Gasteiger partial charge in [0.05, 0.1) is 39.6 Å². The molecule has 0 saturated carbocycles. The van der Waals surface area contributed by atoms with Crippen LogP contribution in [0.2, 0.25) is 0 Å². The van der Waals surface area contributed by atoms with Gasteiger partial charge in [-0.05, 0) is 82.5 Å². The summed E-state index contributed by atoms with van der Waals surface area (Å²) in [6.07, 6.45) is 0.331. The van der Waals surface area contributed by atoms with Crippen LogP contribution in [-0.2, 0) is 37.9 Å². The molecule has 1 aliphatic heterocycles. The van der Waals surface area contributed by atoms with Crippen molar-refractivity contribution in [3.8, 4) is 0 Å². The van der Waals surface area contributed by atoms with E-state index in [1.165, 1.54) is 0 Å². The average molecular weight is 858 g/mol. The Bertz CT molecular complexity index is 1040. The number of azide groups is 3. The van der Waals surface area contributed by atoms with Crippen molar-refractivity contribution in [1.82, 2.24) is 0 Å². The number of hydrogen-bond donors (Lipinski definition) is 2. The smallest absolute Gasteiger partial charge is 0.187 e. The zero-order chi connectivity index (χ0) is 39.7. The van der Waals surface area contributed by atoms with E-state index in [0.717, 1.165) is 71.7 Å². The first-order chi connectivity index (χ1) is 27.2. The van der Waals surface area contributed by atoms with Crippen LogP contribution in [0, 0.1) is 0 Å². The highest BCUT2D eigenvalue weighted by atomic mass is 32.2. The first-order valence-electron chi connectivity index (χ1n) is 18.8. The second-order valence-corrected chi connectivity index (χ2v) is 16.4. The lowest BCUT2D eigenvalue weighted by Gasteiger charge is -2.46. The number of hydrogen-bond acceptors (Lipinski definition) is 17. The Kier molecular flexibility index (Phi) is 38.8. The minimum Gasteiger partial charge on any atom is -0.379 e. The van der Waals surface area contributed by atoms with Crippen LogP contribution in [-0.4, -0.2) is 176 Å². The number of thioether (sulfide) groups is 4. The van der Waals surface area contributed by atoms with Crippen LogP contribution in [0.5, 0.6) is 0 Å². The number of ether oxygens (including phenoxy) is 8. The first-order valence-corrected chi connectivity index (χ1v) is 23.4. The molecule has 55 heavy (non-hydrogen) atoms. The number of nitrogens with zero attached hydrogens (tertiary/aromatic N) is 9. The summed E-state index contributed by atoms with van der Waals surface area (Å²) in [5.74, 6) is 6.60. The second kappa shape index (κ2) is 41.1. The topological polar surface area (TPSA) is 272 Å². The van der Waals surface area contributed by atoms with Gasteiger partial charge in [-0.15, -0.1) is 0 Å². The van der Waals surface area contributed by atoms with E-state index in [1.54, 1.807) is 47.0 Å². The van der Waals surface area contributed by atoms with Crippen LogP contribution in [0.3, 0.4) is 0 Å². The summed E-state index contributed by atoms with van der Waals surface area (Å²) in [6, 6.07) is 0. The monoisotopic (exact) mass is 857 g/mol. The standard InChI is InChI=1S/C32H63N11O8S4/c33-5-14-44-15-16-45-17-18-50-32-31(49-13-4-22-55-26-9-40-43-37)30(48-12-3-20-52-23-6-34)29(47-11-2-21-54-25-8-39-42-36)28(51-32)27-46-10-1-19-53-24-7-38-41-35/h28-32H,1-27,33-34H2/t28-,29-,30+,31-,32-/m1/s1. The van der Waals surface area contributed by atoms with Crippen LogP contribution in [0.15, 0.2) is 15.3 Å². The summed E-state index contributed by atoms with van der Waals surface area (Å²) in [5, 5.41) is 10.8. The quantitative estimate of drug-likeness (QED) is 0.0343. The molecule has 1 saturated heterocycles. The van der Waals surface area contributed by atoms with Crippen molar-refractivity contribution in [3.63, 3.8) is 0 Å². The van der Waals surface area contributed by atoms with Crippen molar-refractivity contribution >= 4 is 47.0 Å². The summed E-state index contributed by atoms with van der Waals surface area (Å²) in [5.41, 5.74) is 36.8. The van der Waals surface area contributed by atoms with Gasteiger partial charge in [-0.25, -0.2) is 0 Å². The van der Waals surface area contributed by atoms with Crippen LogP contribution in [0.4, 0.5) is 0 Å². The molecule has 1 fully saturated rings. The summed E-state index contributed by atoms with van der Waals surface area (Å²) >= 11 is 6.92. The Labute approximate surface area is 343 Å². The second-order valence-electron chi connectivity index (χ2n) is 11.5. The molecule has 0 aromatic rings. The van der Waals surface area contributed by atoms with E-state index in [2.05, 4.69) is 30.1 Å². The maximum atomic E-state index is 8.55. The molecule has 19 nitrogen and oxygen atoms in total. The fourth-order valence-corrected chi connectivity index (χ4v) is 7.79. The molecule has 1 rings (SSSR count). The van der Waals surface area contributed by atoms with Crippen molar-refractivity contribution < 1.29 is 37.9 Å². The van der Waals surface area contributed by atoms with Gasteiger partial charge in [0, 0.05) is 79.6 Å². The lowest BCUT2D eigenvalue weighted by atomic mass is 9.98. The first kappa shape index (κ1) is 51.9. The number of nitrogens with two attached hydrogens (primary N) is 2. The maximum absolute atomic E-state index is 8.55. The molecule has 0 aliphatic carbocycles. The molecule has 1 aliphatic rings. The Morgan fingerprint density at radius 2 is 0.945 bits per heavy atom. The van der Waals surface area contributed by atoms with E-state index >= 15 is 0 Å².